The van der Waals surface area contributed by atoms with Crippen LogP contribution in [0.3, 0.4) is 0 Å². The molecular weight excluding hydrogens is 661 g/mol. The number of carbonyl (C=O) groups excluding carboxylic acids is 2. The van der Waals surface area contributed by atoms with Gasteiger partial charge < -0.3 is 0 Å². The Hall–Kier alpha value is -1.30. The van der Waals surface area contributed by atoms with E-state index in [-0.39, 0.29) is 23.9 Å². The molecule has 4 heterocycles. The lowest BCUT2D eigenvalue weighted by Crippen LogP contribution is -2.36. The second kappa shape index (κ2) is 17.6. The summed E-state index contributed by atoms with van der Waals surface area (Å²) in [6.45, 7) is 8.67. The van der Waals surface area contributed by atoms with Crippen LogP contribution in [0.15, 0.2) is 34.1 Å². The second-order valence-corrected chi connectivity index (χ2v) is 17.2. The highest BCUT2D eigenvalue weighted by Gasteiger charge is 2.36. The van der Waals surface area contributed by atoms with Crippen LogP contribution in [0, 0.1) is 0 Å². The molecular formula is C34H44N2O2S6. The van der Waals surface area contributed by atoms with Gasteiger partial charge in [0.05, 0.1) is 9.81 Å². The van der Waals surface area contributed by atoms with Crippen molar-refractivity contribution in [2.75, 3.05) is 0 Å². The van der Waals surface area contributed by atoms with E-state index in [4.69, 9.17) is 24.4 Å². The Morgan fingerprint density at radius 1 is 0.636 bits per heavy atom. The van der Waals surface area contributed by atoms with Crippen LogP contribution >= 0.6 is 70.6 Å². The van der Waals surface area contributed by atoms with Gasteiger partial charge in [0, 0.05) is 31.6 Å². The number of nitrogens with zero attached hydrogens (tertiary/aromatic N) is 2. The number of amides is 2. The van der Waals surface area contributed by atoms with Gasteiger partial charge in [0.1, 0.15) is 8.64 Å². The van der Waals surface area contributed by atoms with Crippen molar-refractivity contribution in [3.8, 4) is 9.75 Å². The first-order valence-corrected chi connectivity index (χ1v) is 20.1. The number of hydrogen-bond acceptors (Lipinski definition) is 8. The molecule has 2 saturated heterocycles. The topological polar surface area (TPSA) is 40.6 Å². The molecule has 10 heteroatoms. The average Bonchev–Trinajstić information content (AvgIpc) is 3.76. The molecule has 2 aliphatic rings. The Balaban J connectivity index is 1.35. The lowest BCUT2D eigenvalue weighted by Gasteiger charge is -2.23. The molecule has 238 valence electrons. The Kier molecular flexibility index (Phi) is 14.2. The molecule has 4 nitrogen and oxygen atoms in total. The minimum atomic E-state index is 0.0255. The fraction of sp³-hybridized carbons (Fsp3) is 0.529. The summed E-state index contributed by atoms with van der Waals surface area (Å²) < 4.78 is 1.32. The number of thiophene rings is 2. The molecule has 0 N–H and O–H groups in total. The standard InChI is InChI=1S/C34H44N2O2S6/c1-5-7-9-11-13-15-23(3)35-31(37)29(43-33(35)39)21-25-17-19-27(41-25)28-20-18-26(42-28)22-30-32(38)36(34(40)44-30)24(4)16-14-12-10-8-6-2/h17-24H,5-16H2,1-4H3/b29-21-,30-22-. The summed E-state index contributed by atoms with van der Waals surface area (Å²) in [5.74, 6) is 0.0510. The van der Waals surface area contributed by atoms with Gasteiger partial charge in [-0.15, -0.1) is 22.7 Å². The summed E-state index contributed by atoms with van der Waals surface area (Å²) >= 11 is 17.4. The summed E-state index contributed by atoms with van der Waals surface area (Å²) in [5.41, 5.74) is 0. The molecule has 0 radical (unpaired) electrons. The van der Waals surface area contributed by atoms with Crippen LogP contribution in [-0.2, 0) is 9.59 Å². The van der Waals surface area contributed by atoms with E-state index in [1.807, 2.05) is 22.0 Å². The SMILES string of the molecule is CCCCCCCC(C)N1C(=O)/C(=C/c2ccc(-c3ccc(/C=C4\SC(=S)N(C(C)CCCCCCC)C4=O)s3)s2)SC1=S. The second-order valence-electron chi connectivity index (χ2n) is 11.6. The lowest BCUT2D eigenvalue weighted by atomic mass is 10.1. The van der Waals surface area contributed by atoms with Gasteiger partial charge in [-0.25, -0.2) is 0 Å². The number of rotatable bonds is 17. The van der Waals surface area contributed by atoms with Crippen molar-refractivity contribution in [2.24, 2.45) is 0 Å². The van der Waals surface area contributed by atoms with Crippen molar-refractivity contribution >= 4 is 103 Å². The van der Waals surface area contributed by atoms with E-state index in [2.05, 4.69) is 52.0 Å². The van der Waals surface area contributed by atoms with Crippen molar-refractivity contribution in [3.63, 3.8) is 0 Å². The van der Waals surface area contributed by atoms with E-state index >= 15 is 0 Å². The number of carbonyl (C=O) groups is 2. The molecule has 0 saturated carbocycles. The molecule has 4 rings (SSSR count). The zero-order chi connectivity index (χ0) is 31.6. The molecule has 0 aromatic carbocycles. The first-order valence-electron chi connectivity index (χ1n) is 16.0. The van der Waals surface area contributed by atoms with E-state index in [0.717, 1.165) is 45.2 Å². The molecule has 2 aromatic heterocycles. The molecule has 2 unspecified atom stereocenters. The van der Waals surface area contributed by atoms with Crippen LogP contribution in [0.25, 0.3) is 21.9 Å². The van der Waals surface area contributed by atoms with Gasteiger partial charge in [-0.2, -0.15) is 0 Å². The van der Waals surface area contributed by atoms with Crippen molar-refractivity contribution in [1.82, 2.24) is 9.80 Å². The van der Waals surface area contributed by atoms with Gasteiger partial charge >= 0.3 is 0 Å². The summed E-state index contributed by atoms with van der Waals surface area (Å²) in [6.07, 6.45) is 18.1. The molecule has 44 heavy (non-hydrogen) atoms. The molecule has 2 aromatic rings. The highest BCUT2D eigenvalue weighted by atomic mass is 32.2. The van der Waals surface area contributed by atoms with Crippen LogP contribution in [0.1, 0.15) is 114 Å². The van der Waals surface area contributed by atoms with E-state index in [0.29, 0.717) is 18.5 Å². The minimum absolute atomic E-state index is 0.0255. The van der Waals surface area contributed by atoms with E-state index in [1.165, 1.54) is 74.9 Å². The van der Waals surface area contributed by atoms with Gasteiger partial charge in [-0.05, 0) is 63.1 Å². The Morgan fingerprint density at radius 2 is 1.02 bits per heavy atom. The predicted molar refractivity (Wildman–Crippen MR) is 203 cm³/mol. The number of unbranched alkanes of at least 4 members (excludes halogenated alkanes) is 8. The van der Waals surface area contributed by atoms with Crippen molar-refractivity contribution < 1.29 is 9.59 Å². The normalized spacial score (nSPS) is 18.9. The maximum absolute atomic E-state index is 13.3. The largest absolute Gasteiger partial charge is 0.290 e. The van der Waals surface area contributed by atoms with Gasteiger partial charge in [0.25, 0.3) is 11.8 Å². The van der Waals surface area contributed by atoms with E-state index < -0.39 is 0 Å². The third-order valence-electron chi connectivity index (χ3n) is 8.02. The first-order chi connectivity index (χ1) is 21.2. The smallest absolute Gasteiger partial charge is 0.266 e. The highest BCUT2D eigenvalue weighted by Crippen LogP contribution is 2.40. The predicted octanol–water partition coefficient (Wildman–Crippen LogP) is 11.4. The zero-order valence-corrected chi connectivity index (χ0v) is 31.2. The van der Waals surface area contributed by atoms with Gasteiger partial charge in [-0.1, -0.05) is 126 Å². The summed E-state index contributed by atoms with van der Waals surface area (Å²) in [7, 11) is 0. The Labute approximate surface area is 291 Å². The van der Waals surface area contributed by atoms with Crippen LogP contribution < -0.4 is 0 Å². The molecule has 0 bridgehead atoms. The lowest BCUT2D eigenvalue weighted by molar-refractivity contribution is -0.124. The number of thioether (sulfide) groups is 2. The maximum Gasteiger partial charge on any atom is 0.266 e. The van der Waals surface area contributed by atoms with Crippen LogP contribution in [-0.4, -0.2) is 42.3 Å². The molecule has 0 aliphatic carbocycles. The summed E-state index contributed by atoms with van der Waals surface area (Å²) in [6, 6.07) is 8.59. The quantitative estimate of drug-likeness (QED) is 0.0927. The summed E-state index contributed by atoms with van der Waals surface area (Å²) in [4.78, 5) is 35.9. The number of hydrogen-bond donors (Lipinski definition) is 0. The van der Waals surface area contributed by atoms with Crippen LogP contribution in [0.5, 0.6) is 0 Å². The minimum Gasteiger partial charge on any atom is -0.290 e. The van der Waals surface area contributed by atoms with Crippen LogP contribution in [0.2, 0.25) is 0 Å². The van der Waals surface area contributed by atoms with Crippen molar-refractivity contribution in [1.29, 1.82) is 0 Å². The number of thiocarbonyl (C=S) groups is 2. The maximum atomic E-state index is 13.3. The fourth-order valence-electron chi connectivity index (χ4n) is 5.45. The van der Waals surface area contributed by atoms with Crippen molar-refractivity contribution in [2.45, 2.75) is 117 Å². The molecule has 2 aliphatic heterocycles. The van der Waals surface area contributed by atoms with Gasteiger partial charge in [0.2, 0.25) is 0 Å². The van der Waals surface area contributed by atoms with Gasteiger partial charge in [0.15, 0.2) is 0 Å². The molecule has 0 spiro atoms. The van der Waals surface area contributed by atoms with Crippen molar-refractivity contribution in [3.05, 3.63) is 43.8 Å². The monoisotopic (exact) mass is 704 g/mol. The molecule has 2 fully saturated rings. The molecule has 2 atom stereocenters. The third-order valence-corrected chi connectivity index (χ3v) is 12.9. The van der Waals surface area contributed by atoms with E-state index in [9.17, 15) is 9.59 Å². The van der Waals surface area contributed by atoms with Crippen LogP contribution in [0.4, 0.5) is 0 Å². The third kappa shape index (κ3) is 9.38. The Bertz CT molecular complexity index is 1290. The highest BCUT2D eigenvalue weighted by molar-refractivity contribution is 8.27. The summed E-state index contributed by atoms with van der Waals surface area (Å²) in [5, 5.41) is 0. The molecule has 2 amide bonds. The first kappa shape index (κ1) is 35.6. The van der Waals surface area contributed by atoms with Gasteiger partial charge in [-0.3, -0.25) is 19.4 Å². The fourth-order valence-corrected chi connectivity index (χ4v) is 10.5. The average molecular weight is 705 g/mol. The zero-order valence-electron chi connectivity index (χ0n) is 26.3. The Morgan fingerprint density at radius 3 is 1.41 bits per heavy atom. The van der Waals surface area contributed by atoms with E-state index in [1.54, 1.807) is 22.7 Å².